The fraction of sp³-hybridized carbons (Fsp3) is 0.500. The van der Waals surface area contributed by atoms with E-state index in [1.165, 1.54) is 14.0 Å². The van der Waals surface area contributed by atoms with Gasteiger partial charge in [-0.1, -0.05) is 24.9 Å². The van der Waals surface area contributed by atoms with Crippen LogP contribution in [0.25, 0.3) is 0 Å². The maximum Gasteiger partial charge on any atom is 0.223 e. The van der Waals surface area contributed by atoms with E-state index < -0.39 is 0 Å². The maximum absolute atomic E-state index is 11.8. The van der Waals surface area contributed by atoms with Crippen molar-refractivity contribution in [2.24, 2.45) is 0 Å². The van der Waals surface area contributed by atoms with Gasteiger partial charge >= 0.3 is 0 Å². The second kappa shape index (κ2) is 9.30. The monoisotopic (exact) mass is 326 g/mol. The number of hydrogen-bond acceptors (Lipinski definition) is 3. The van der Waals surface area contributed by atoms with Gasteiger partial charge in [0.25, 0.3) is 0 Å². The standard InChI is InChI=1S/C16H23ClN2O3/c1-4-5-6-16(21)18-9-10-19(12(2)20)13-7-8-15(22-3)14(17)11-13/h7-8,11H,4-6,9-10H2,1-3H3,(H,18,21). The molecule has 0 aliphatic carbocycles. The Labute approximate surface area is 136 Å². The van der Waals surface area contributed by atoms with E-state index in [0.29, 0.717) is 36.0 Å². The fourth-order valence-electron chi connectivity index (χ4n) is 2.02. The molecule has 0 saturated heterocycles. The fourth-order valence-corrected chi connectivity index (χ4v) is 2.28. The van der Waals surface area contributed by atoms with Crippen molar-refractivity contribution in [3.05, 3.63) is 23.2 Å². The first-order valence-corrected chi connectivity index (χ1v) is 7.75. The van der Waals surface area contributed by atoms with Crippen LogP contribution >= 0.6 is 11.6 Å². The number of methoxy groups -OCH3 is 1. The molecule has 5 nitrogen and oxygen atoms in total. The Balaban J connectivity index is 2.64. The minimum absolute atomic E-state index is 0.0121. The van der Waals surface area contributed by atoms with E-state index in [1.54, 1.807) is 23.1 Å². The molecule has 1 aromatic rings. The van der Waals surface area contributed by atoms with E-state index in [0.717, 1.165) is 12.8 Å². The topological polar surface area (TPSA) is 58.6 Å². The molecular weight excluding hydrogens is 304 g/mol. The summed E-state index contributed by atoms with van der Waals surface area (Å²) in [6.07, 6.45) is 2.37. The molecule has 6 heteroatoms. The van der Waals surface area contributed by atoms with Gasteiger partial charge in [-0.05, 0) is 24.6 Å². The van der Waals surface area contributed by atoms with Gasteiger partial charge in [-0.15, -0.1) is 0 Å². The SMILES string of the molecule is CCCCC(=O)NCCN(C(C)=O)c1ccc(OC)c(Cl)c1. The number of anilines is 1. The van der Waals surface area contributed by atoms with E-state index in [2.05, 4.69) is 5.32 Å². The van der Waals surface area contributed by atoms with Crippen LogP contribution in [0, 0.1) is 0 Å². The van der Waals surface area contributed by atoms with Gasteiger partial charge < -0.3 is 15.0 Å². The first kappa shape index (κ1) is 18.3. The second-order valence-corrected chi connectivity index (χ2v) is 5.35. The molecule has 0 spiro atoms. The summed E-state index contributed by atoms with van der Waals surface area (Å²) in [6, 6.07) is 5.17. The number of carbonyl (C=O) groups excluding carboxylic acids is 2. The summed E-state index contributed by atoms with van der Waals surface area (Å²) in [5.74, 6) is 0.462. The lowest BCUT2D eigenvalue weighted by molar-refractivity contribution is -0.121. The van der Waals surface area contributed by atoms with Crippen LogP contribution in [0.15, 0.2) is 18.2 Å². The maximum atomic E-state index is 11.8. The first-order valence-electron chi connectivity index (χ1n) is 7.38. The quantitative estimate of drug-likeness (QED) is 0.799. The summed E-state index contributed by atoms with van der Waals surface area (Å²) in [5.41, 5.74) is 0.682. The highest BCUT2D eigenvalue weighted by Crippen LogP contribution is 2.29. The molecule has 22 heavy (non-hydrogen) atoms. The van der Waals surface area contributed by atoms with Crippen LogP contribution in [-0.2, 0) is 9.59 Å². The number of unbranched alkanes of at least 4 members (excludes halogenated alkanes) is 1. The van der Waals surface area contributed by atoms with Crippen LogP contribution in [0.2, 0.25) is 5.02 Å². The molecule has 0 unspecified atom stereocenters. The van der Waals surface area contributed by atoms with Crippen LogP contribution < -0.4 is 15.0 Å². The number of hydrogen-bond donors (Lipinski definition) is 1. The molecule has 2 amide bonds. The smallest absolute Gasteiger partial charge is 0.223 e. The number of nitrogens with one attached hydrogen (secondary N) is 1. The van der Waals surface area contributed by atoms with Crippen molar-refractivity contribution in [2.75, 3.05) is 25.1 Å². The highest BCUT2D eigenvalue weighted by Gasteiger charge is 2.13. The van der Waals surface area contributed by atoms with Crippen molar-refractivity contribution >= 4 is 29.1 Å². The Bertz CT molecular complexity index is 520. The summed E-state index contributed by atoms with van der Waals surface area (Å²) in [7, 11) is 1.54. The lowest BCUT2D eigenvalue weighted by atomic mass is 10.2. The number of rotatable bonds is 8. The number of nitrogens with zero attached hydrogens (tertiary/aromatic N) is 1. The average molecular weight is 327 g/mol. The first-order chi connectivity index (χ1) is 10.5. The van der Waals surface area contributed by atoms with E-state index in [9.17, 15) is 9.59 Å². The second-order valence-electron chi connectivity index (χ2n) is 4.94. The zero-order valence-corrected chi connectivity index (χ0v) is 14.1. The normalized spacial score (nSPS) is 10.2. The molecule has 0 aliphatic rings. The molecule has 0 atom stereocenters. The molecule has 122 valence electrons. The van der Waals surface area contributed by atoms with Gasteiger partial charge in [-0.3, -0.25) is 9.59 Å². The van der Waals surface area contributed by atoms with Crippen molar-refractivity contribution < 1.29 is 14.3 Å². The number of ether oxygens (including phenoxy) is 1. The molecular formula is C16H23ClN2O3. The van der Waals surface area contributed by atoms with Gasteiger partial charge in [0.15, 0.2) is 0 Å². The third-order valence-corrected chi connectivity index (χ3v) is 3.54. The minimum Gasteiger partial charge on any atom is -0.495 e. The van der Waals surface area contributed by atoms with Crippen LogP contribution in [0.4, 0.5) is 5.69 Å². The Morgan fingerprint density at radius 3 is 2.64 bits per heavy atom. The Morgan fingerprint density at radius 1 is 1.36 bits per heavy atom. The Hall–Kier alpha value is -1.75. The highest BCUT2D eigenvalue weighted by atomic mass is 35.5. The average Bonchev–Trinajstić information content (AvgIpc) is 2.49. The predicted octanol–water partition coefficient (Wildman–Crippen LogP) is 3.01. The van der Waals surface area contributed by atoms with E-state index in [-0.39, 0.29) is 11.8 Å². The lowest BCUT2D eigenvalue weighted by Crippen LogP contribution is -2.37. The predicted molar refractivity (Wildman–Crippen MR) is 88.6 cm³/mol. The van der Waals surface area contributed by atoms with Gasteiger partial charge in [0.05, 0.1) is 12.1 Å². The van der Waals surface area contributed by atoms with Gasteiger partial charge in [-0.25, -0.2) is 0 Å². The molecule has 1 N–H and O–H groups in total. The number of carbonyl (C=O) groups is 2. The van der Waals surface area contributed by atoms with Crippen LogP contribution in [0.3, 0.4) is 0 Å². The zero-order chi connectivity index (χ0) is 16.5. The van der Waals surface area contributed by atoms with Crippen molar-refractivity contribution in [1.29, 1.82) is 0 Å². The van der Waals surface area contributed by atoms with E-state index in [1.807, 2.05) is 6.92 Å². The van der Waals surface area contributed by atoms with Crippen molar-refractivity contribution in [3.8, 4) is 5.75 Å². The Kier molecular flexibility index (Phi) is 7.74. The van der Waals surface area contributed by atoms with Crippen molar-refractivity contribution in [1.82, 2.24) is 5.32 Å². The van der Waals surface area contributed by atoms with Crippen LogP contribution in [0.1, 0.15) is 33.1 Å². The molecule has 0 fully saturated rings. The summed E-state index contributed by atoms with van der Waals surface area (Å²) in [6.45, 7) is 4.33. The Morgan fingerprint density at radius 2 is 2.09 bits per heavy atom. The molecule has 0 heterocycles. The molecule has 1 rings (SSSR count). The molecule has 0 radical (unpaired) electrons. The molecule has 0 bridgehead atoms. The summed E-state index contributed by atoms with van der Waals surface area (Å²) in [5, 5.41) is 3.26. The third kappa shape index (κ3) is 5.56. The summed E-state index contributed by atoms with van der Waals surface area (Å²) < 4.78 is 5.10. The van der Waals surface area contributed by atoms with Gasteiger partial charge in [0.1, 0.15) is 5.75 Å². The third-order valence-electron chi connectivity index (χ3n) is 3.24. The molecule has 0 aliphatic heterocycles. The molecule has 1 aromatic carbocycles. The minimum atomic E-state index is -0.107. The van der Waals surface area contributed by atoms with E-state index >= 15 is 0 Å². The highest BCUT2D eigenvalue weighted by molar-refractivity contribution is 6.32. The zero-order valence-electron chi connectivity index (χ0n) is 13.3. The number of benzene rings is 1. The van der Waals surface area contributed by atoms with Crippen LogP contribution in [-0.4, -0.2) is 32.0 Å². The van der Waals surface area contributed by atoms with Gasteiger partial charge in [0, 0.05) is 32.1 Å². The van der Waals surface area contributed by atoms with E-state index in [4.69, 9.17) is 16.3 Å². The van der Waals surface area contributed by atoms with Gasteiger partial charge in [-0.2, -0.15) is 0 Å². The van der Waals surface area contributed by atoms with Crippen molar-refractivity contribution in [3.63, 3.8) is 0 Å². The molecule has 0 aromatic heterocycles. The summed E-state index contributed by atoms with van der Waals surface area (Å²) in [4.78, 5) is 24.9. The summed E-state index contributed by atoms with van der Waals surface area (Å²) >= 11 is 6.09. The van der Waals surface area contributed by atoms with Gasteiger partial charge in [0.2, 0.25) is 11.8 Å². The number of halogens is 1. The molecule has 0 saturated carbocycles. The lowest BCUT2D eigenvalue weighted by Gasteiger charge is -2.22. The van der Waals surface area contributed by atoms with Crippen LogP contribution in [0.5, 0.6) is 5.75 Å². The number of amides is 2. The van der Waals surface area contributed by atoms with Crippen molar-refractivity contribution in [2.45, 2.75) is 33.1 Å². The largest absolute Gasteiger partial charge is 0.495 e.